The SMILES string of the molecule is CNCCCC(=O)N1CC(C)Oc2cc(C)ccc21. The molecular weight excluding hydrogens is 240 g/mol. The molecule has 2 rings (SSSR count). The lowest BCUT2D eigenvalue weighted by atomic mass is 10.1. The van der Waals surface area contributed by atoms with E-state index in [1.807, 2.05) is 44.0 Å². The van der Waals surface area contributed by atoms with Gasteiger partial charge in [0.05, 0.1) is 12.2 Å². The van der Waals surface area contributed by atoms with Crippen molar-refractivity contribution in [2.75, 3.05) is 25.0 Å². The summed E-state index contributed by atoms with van der Waals surface area (Å²) in [4.78, 5) is 14.2. The average Bonchev–Trinajstić information content (AvgIpc) is 2.37. The summed E-state index contributed by atoms with van der Waals surface area (Å²) < 4.78 is 5.81. The minimum absolute atomic E-state index is 0.0440. The lowest BCUT2D eigenvalue weighted by Crippen LogP contribution is -2.42. The number of benzene rings is 1. The van der Waals surface area contributed by atoms with E-state index in [-0.39, 0.29) is 12.0 Å². The molecule has 1 aliphatic heterocycles. The van der Waals surface area contributed by atoms with Gasteiger partial charge in [0.1, 0.15) is 11.9 Å². The highest BCUT2D eigenvalue weighted by Gasteiger charge is 2.27. The fraction of sp³-hybridized carbons (Fsp3) is 0.533. The van der Waals surface area contributed by atoms with Gasteiger partial charge in [0.15, 0.2) is 0 Å². The molecular formula is C15H22N2O2. The van der Waals surface area contributed by atoms with Gasteiger partial charge in [0.2, 0.25) is 5.91 Å². The zero-order valence-electron chi connectivity index (χ0n) is 11.9. The van der Waals surface area contributed by atoms with Crippen LogP contribution in [-0.2, 0) is 4.79 Å². The van der Waals surface area contributed by atoms with Crippen LogP contribution in [0.25, 0.3) is 0 Å². The van der Waals surface area contributed by atoms with Crippen molar-refractivity contribution in [3.8, 4) is 5.75 Å². The summed E-state index contributed by atoms with van der Waals surface area (Å²) in [6.45, 7) is 5.53. The molecule has 1 unspecified atom stereocenters. The van der Waals surface area contributed by atoms with Gasteiger partial charge < -0.3 is 15.0 Å². The van der Waals surface area contributed by atoms with E-state index in [4.69, 9.17) is 4.74 Å². The number of fused-ring (bicyclic) bond motifs is 1. The molecule has 19 heavy (non-hydrogen) atoms. The first-order valence-electron chi connectivity index (χ1n) is 6.84. The summed E-state index contributed by atoms with van der Waals surface area (Å²) in [5.41, 5.74) is 2.05. The van der Waals surface area contributed by atoms with Gasteiger partial charge in [-0.3, -0.25) is 4.79 Å². The van der Waals surface area contributed by atoms with Crippen LogP contribution in [0.15, 0.2) is 18.2 Å². The number of carbonyl (C=O) groups is 1. The van der Waals surface area contributed by atoms with E-state index in [1.165, 1.54) is 0 Å². The molecule has 0 spiro atoms. The second-order valence-corrected chi connectivity index (χ2v) is 5.11. The summed E-state index contributed by atoms with van der Waals surface area (Å²) in [7, 11) is 1.90. The van der Waals surface area contributed by atoms with E-state index in [0.29, 0.717) is 13.0 Å². The Bertz CT molecular complexity index is 459. The Balaban J connectivity index is 2.15. The molecule has 0 fully saturated rings. The van der Waals surface area contributed by atoms with E-state index < -0.39 is 0 Å². The summed E-state index contributed by atoms with van der Waals surface area (Å²) in [6.07, 6.45) is 1.48. The van der Waals surface area contributed by atoms with Gasteiger partial charge in [-0.15, -0.1) is 0 Å². The molecule has 1 aromatic carbocycles. The van der Waals surface area contributed by atoms with Crippen LogP contribution in [0, 0.1) is 6.92 Å². The summed E-state index contributed by atoms with van der Waals surface area (Å²) >= 11 is 0. The first-order chi connectivity index (χ1) is 9.11. The maximum absolute atomic E-state index is 12.3. The first kappa shape index (κ1) is 13.9. The topological polar surface area (TPSA) is 41.6 Å². The first-order valence-corrected chi connectivity index (χ1v) is 6.84. The van der Waals surface area contributed by atoms with Crippen LogP contribution in [0.2, 0.25) is 0 Å². The molecule has 0 aliphatic carbocycles. The van der Waals surface area contributed by atoms with E-state index in [9.17, 15) is 4.79 Å². The van der Waals surface area contributed by atoms with Crippen molar-refractivity contribution < 1.29 is 9.53 Å². The third kappa shape index (κ3) is 3.26. The second kappa shape index (κ2) is 6.06. The number of hydrogen-bond donors (Lipinski definition) is 1. The van der Waals surface area contributed by atoms with E-state index in [0.717, 1.165) is 30.0 Å². The van der Waals surface area contributed by atoms with Crippen LogP contribution in [0.5, 0.6) is 5.75 Å². The van der Waals surface area contributed by atoms with Gasteiger partial charge in [0, 0.05) is 6.42 Å². The molecule has 0 radical (unpaired) electrons. The highest BCUT2D eigenvalue weighted by atomic mass is 16.5. The predicted octanol–water partition coefficient (Wildman–Crippen LogP) is 2.11. The fourth-order valence-electron chi connectivity index (χ4n) is 2.34. The van der Waals surface area contributed by atoms with E-state index in [2.05, 4.69) is 5.32 Å². The van der Waals surface area contributed by atoms with Crippen molar-refractivity contribution in [3.05, 3.63) is 23.8 Å². The highest BCUT2D eigenvalue weighted by Crippen LogP contribution is 2.34. The molecule has 4 nitrogen and oxygen atoms in total. The minimum Gasteiger partial charge on any atom is -0.487 e. The molecule has 1 amide bonds. The van der Waals surface area contributed by atoms with Gasteiger partial charge in [-0.2, -0.15) is 0 Å². The number of rotatable bonds is 4. The molecule has 1 heterocycles. The van der Waals surface area contributed by atoms with Crippen LogP contribution in [-0.4, -0.2) is 32.1 Å². The van der Waals surface area contributed by atoms with Crippen molar-refractivity contribution >= 4 is 11.6 Å². The number of aryl methyl sites for hydroxylation is 1. The van der Waals surface area contributed by atoms with Gasteiger partial charge in [-0.05, 0) is 51.6 Å². The van der Waals surface area contributed by atoms with Crippen molar-refractivity contribution in [2.45, 2.75) is 32.8 Å². The number of carbonyl (C=O) groups excluding carboxylic acids is 1. The van der Waals surface area contributed by atoms with Crippen molar-refractivity contribution in [1.29, 1.82) is 0 Å². The summed E-state index contributed by atoms with van der Waals surface area (Å²) in [5, 5.41) is 3.07. The van der Waals surface area contributed by atoms with E-state index >= 15 is 0 Å². The quantitative estimate of drug-likeness (QED) is 0.845. The van der Waals surface area contributed by atoms with Crippen LogP contribution in [0.3, 0.4) is 0 Å². The lowest BCUT2D eigenvalue weighted by molar-refractivity contribution is -0.119. The molecule has 0 aromatic heterocycles. The largest absolute Gasteiger partial charge is 0.487 e. The molecule has 0 bridgehead atoms. The molecule has 1 N–H and O–H groups in total. The Labute approximate surface area is 114 Å². The smallest absolute Gasteiger partial charge is 0.227 e. The van der Waals surface area contributed by atoms with E-state index in [1.54, 1.807) is 0 Å². The molecule has 1 aromatic rings. The Morgan fingerprint density at radius 3 is 3.05 bits per heavy atom. The molecule has 104 valence electrons. The molecule has 0 saturated heterocycles. The summed E-state index contributed by atoms with van der Waals surface area (Å²) in [5.74, 6) is 0.996. The second-order valence-electron chi connectivity index (χ2n) is 5.11. The van der Waals surface area contributed by atoms with Crippen molar-refractivity contribution in [2.24, 2.45) is 0 Å². The standard InChI is InChI=1S/C15H22N2O2/c1-11-6-7-13-14(9-11)19-12(2)10-17(13)15(18)5-4-8-16-3/h6-7,9,12,16H,4-5,8,10H2,1-3H3. The number of nitrogens with zero attached hydrogens (tertiary/aromatic N) is 1. The van der Waals surface area contributed by atoms with Gasteiger partial charge >= 0.3 is 0 Å². The maximum atomic E-state index is 12.3. The number of amides is 1. The molecule has 4 heteroatoms. The number of hydrogen-bond acceptors (Lipinski definition) is 3. The normalized spacial score (nSPS) is 17.8. The maximum Gasteiger partial charge on any atom is 0.227 e. The molecule has 1 atom stereocenters. The highest BCUT2D eigenvalue weighted by molar-refractivity contribution is 5.95. The Kier molecular flexibility index (Phi) is 4.43. The van der Waals surface area contributed by atoms with Gasteiger partial charge in [0.25, 0.3) is 0 Å². The zero-order valence-corrected chi connectivity index (χ0v) is 11.9. The average molecular weight is 262 g/mol. The van der Waals surface area contributed by atoms with Crippen LogP contribution in [0.1, 0.15) is 25.3 Å². The monoisotopic (exact) mass is 262 g/mol. The van der Waals surface area contributed by atoms with Crippen LogP contribution < -0.4 is 15.0 Å². The van der Waals surface area contributed by atoms with Crippen LogP contribution >= 0.6 is 0 Å². The summed E-state index contributed by atoms with van der Waals surface area (Å²) in [6, 6.07) is 6.00. The van der Waals surface area contributed by atoms with Gasteiger partial charge in [-0.25, -0.2) is 0 Å². The molecule has 1 aliphatic rings. The predicted molar refractivity (Wildman–Crippen MR) is 76.8 cm³/mol. The van der Waals surface area contributed by atoms with Crippen molar-refractivity contribution in [1.82, 2.24) is 5.32 Å². The third-order valence-electron chi connectivity index (χ3n) is 3.29. The van der Waals surface area contributed by atoms with Crippen LogP contribution in [0.4, 0.5) is 5.69 Å². The minimum atomic E-state index is 0.0440. The number of anilines is 1. The number of nitrogens with one attached hydrogen (secondary N) is 1. The molecule has 0 saturated carbocycles. The van der Waals surface area contributed by atoms with Crippen molar-refractivity contribution in [3.63, 3.8) is 0 Å². The third-order valence-corrected chi connectivity index (χ3v) is 3.29. The lowest BCUT2D eigenvalue weighted by Gasteiger charge is -2.33. The Morgan fingerprint density at radius 1 is 1.53 bits per heavy atom. The fourth-order valence-corrected chi connectivity index (χ4v) is 2.34. The number of ether oxygens (including phenoxy) is 1. The zero-order chi connectivity index (χ0) is 13.8. The van der Waals surface area contributed by atoms with Gasteiger partial charge in [-0.1, -0.05) is 6.07 Å². The Hall–Kier alpha value is -1.55. The Morgan fingerprint density at radius 2 is 2.32 bits per heavy atom.